The Labute approximate surface area is 160 Å². The maximum atomic E-state index is 6.39. The zero-order chi connectivity index (χ0) is 17.8. The third kappa shape index (κ3) is 3.62. The summed E-state index contributed by atoms with van der Waals surface area (Å²) < 4.78 is 0. The second-order valence-electron chi connectivity index (χ2n) is 6.70. The standard InChI is InChI=1S/C23H23ClN2/c24-21-13-7-8-14-22(21)25-15-17-26(18-16-25)23(19-9-3-1-4-10-19)20-11-5-2-6-12-20/h1-14,23H,15-18H2. The van der Waals surface area contributed by atoms with E-state index in [1.165, 1.54) is 11.1 Å². The quantitative estimate of drug-likeness (QED) is 0.625. The fraction of sp³-hybridized carbons (Fsp3) is 0.217. The minimum Gasteiger partial charge on any atom is -0.368 e. The smallest absolute Gasteiger partial charge is 0.0639 e. The van der Waals surface area contributed by atoms with Crippen molar-refractivity contribution in [3.63, 3.8) is 0 Å². The molecule has 0 saturated carbocycles. The minimum absolute atomic E-state index is 0.297. The van der Waals surface area contributed by atoms with E-state index >= 15 is 0 Å². The summed E-state index contributed by atoms with van der Waals surface area (Å²) in [5.74, 6) is 0. The topological polar surface area (TPSA) is 6.48 Å². The number of rotatable bonds is 4. The molecule has 132 valence electrons. The zero-order valence-corrected chi connectivity index (χ0v) is 15.5. The lowest BCUT2D eigenvalue weighted by Gasteiger charge is -2.41. The monoisotopic (exact) mass is 362 g/mol. The van der Waals surface area contributed by atoms with E-state index in [9.17, 15) is 0 Å². The van der Waals surface area contributed by atoms with E-state index in [0.717, 1.165) is 36.9 Å². The molecule has 3 heteroatoms. The molecule has 1 aliphatic rings. The molecule has 4 rings (SSSR count). The number of anilines is 1. The van der Waals surface area contributed by atoms with E-state index in [1.54, 1.807) is 0 Å². The van der Waals surface area contributed by atoms with E-state index in [1.807, 2.05) is 12.1 Å². The molecule has 3 aromatic carbocycles. The molecule has 0 unspecified atom stereocenters. The average molecular weight is 363 g/mol. The first kappa shape index (κ1) is 17.1. The highest BCUT2D eigenvalue weighted by Gasteiger charge is 2.26. The normalized spacial score (nSPS) is 15.4. The van der Waals surface area contributed by atoms with Gasteiger partial charge in [-0.3, -0.25) is 4.90 Å². The first-order chi connectivity index (χ1) is 12.8. The number of hydrogen-bond acceptors (Lipinski definition) is 2. The van der Waals surface area contributed by atoms with Crippen molar-refractivity contribution in [2.45, 2.75) is 6.04 Å². The largest absolute Gasteiger partial charge is 0.368 e. The molecule has 0 aliphatic carbocycles. The summed E-state index contributed by atoms with van der Waals surface area (Å²) in [7, 11) is 0. The van der Waals surface area contributed by atoms with E-state index in [-0.39, 0.29) is 0 Å². The van der Waals surface area contributed by atoms with Gasteiger partial charge in [-0.05, 0) is 23.3 Å². The molecular formula is C23H23ClN2. The third-order valence-corrected chi connectivity index (χ3v) is 5.42. The maximum Gasteiger partial charge on any atom is 0.0639 e. The van der Waals surface area contributed by atoms with Gasteiger partial charge in [0.15, 0.2) is 0 Å². The molecule has 3 aromatic rings. The highest BCUT2D eigenvalue weighted by atomic mass is 35.5. The Morgan fingerprint density at radius 3 is 1.65 bits per heavy atom. The summed E-state index contributed by atoms with van der Waals surface area (Å²) in [6, 6.07) is 30.1. The van der Waals surface area contributed by atoms with Crippen LogP contribution in [-0.4, -0.2) is 31.1 Å². The van der Waals surface area contributed by atoms with E-state index in [4.69, 9.17) is 11.6 Å². The van der Waals surface area contributed by atoms with Crippen molar-refractivity contribution < 1.29 is 0 Å². The van der Waals surface area contributed by atoms with Gasteiger partial charge in [0.05, 0.1) is 16.8 Å². The Hall–Kier alpha value is -2.29. The Balaban J connectivity index is 1.56. The molecular weight excluding hydrogens is 340 g/mol. The van der Waals surface area contributed by atoms with Gasteiger partial charge in [0.2, 0.25) is 0 Å². The van der Waals surface area contributed by atoms with Crippen LogP contribution in [0.2, 0.25) is 5.02 Å². The number of benzene rings is 3. The molecule has 1 saturated heterocycles. The minimum atomic E-state index is 0.297. The lowest BCUT2D eigenvalue weighted by molar-refractivity contribution is 0.212. The van der Waals surface area contributed by atoms with Gasteiger partial charge in [0, 0.05) is 26.2 Å². The van der Waals surface area contributed by atoms with Crippen LogP contribution in [0.15, 0.2) is 84.9 Å². The van der Waals surface area contributed by atoms with Crippen LogP contribution in [0.4, 0.5) is 5.69 Å². The third-order valence-electron chi connectivity index (χ3n) is 5.10. The van der Waals surface area contributed by atoms with E-state index < -0.39 is 0 Å². The number of para-hydroxylation sites is 1. The fourth-order valence-electron chi connectivity index (χ4n) is 3.81. The van der Waals surface area contributed by atoms with Crippen LogP contribution in [0.3, 0.4) is 0 Å². The Morgan fingerprint density at radius 1 is 0.615 bits per heavy atom. The Morgan fingerprint density at radius 2 is 1.12 bits per heavy atom. The summed E-state index contributed by atoms with van der Waals surface area (Å²) >= 11 is 6.39. The molecule has 1 aliphatic heterocycles. The van der Waals surface area contributed by atoms with Crippen molar-refractivity contribution >= 4 is 17.3 Å². The predicted molar refractivity (Wildman–Crippen MR) is 110 cm³/mol. The number of piperazine rings is 1. The first-order valence-electron chi connectivity index (χ1n) is 9.16. The molecule has 0 atom stereocenters. The number of hydrogen-bond donors (Lipinski definition) is 0. The maximum absolute atomic E-state index is 6.39. The van der Waals surface area contributed by atoms with Gasteiger partial charge in [-0.15, -0.1) is 0 Å². The Kier molecular flexibility index (Phi) is 5.24. The average Bonchev–Trinajstić information content (AvgIpc) is 2.71. The fourth-order valence-corrected chi connectivity index (χ4v) is 4.07. The molecule has 2 nitrogen and oxygen atoms in total. The molecule has 0 spiro atoms. The van der Waals surface area contributed by atoms with Crippen molar-refractivity contribution in [3.05, 3.63) is 101 Å². The van der Waals surface area contributed by atoms with Crippen molar-refractivity contribution in [3.8, 4) is 0 Å². The van der Waals surface area contributed by atoms with Gasteiger partial charge in [-0.2, -0.15) is 0 Å². The van der Waals surface area contributed by atoms with Crippen LogP contribution in [0.5, 0.6) is 0 Å². The van der Waals surface area contributed by atoms with Crippen molar-refractivity contribution in [1.29, 1.82) is 0 Å². The summed E-state index contributed by atoms with van der Waals surface area (Å²) in [5, 5.41) is 0.837. The van der Waals surface area contributed by atoms with E-state index in [2.05, 4.69) is 82.6 Å². The second-order valence-corrected chi connectivity index (χ2v) is 7.11. The van der Waals surface area contributed by atoms with E-state index in [0.29, 0.717) is 6.04 Å². The first-order valence-corrected chi connectivity index (χ1v) is 9.54. The lowest BCUT2D eigenvalue weighted by Crippen LogP contribution is -2.48. The molecule has 26 heavy (non-hydrogen) atoms. The van der Waals surface area contributed by atoms with Gasteiger partial charge in [-0.25, -0.2) is 0 Å². The van der Waals surface area contributed by atoms with Crippen LogP contribution in [0, 0.1) is 0 Å². The van der Waals surface area contributed by atoms with Crippen LogP contribution in [0.1, 0.15) is 17.2 Å². The number of nitrogens with zero attached hydrogens (tertiary/aromatic N) is 2. The van der Waals surface area contributed by atoms with Gasteiger partial charge >= 0.3 is 0 Å². The van der Waals surface area contributed by atoms with Gasteiger partial charge in [-0.1, -0.05) is 84.4 Å². The summed E-state index contributed by atoms with van der Waals surface area (Å²) in [5.41, 5.74) is 3.85. The lowest BCUT2D eigenvalue weighted by atomic mass is 9.96. The molecule has 0 N–H and O–H groups in total. The summed E-state index contributed by atoms with van der Waals surface area (Å²) in [6.45, 7) is 4.00. The highest BCUT2D eigenvalue weighted by molar-refractivity contribution is 6.33. The van der Waals surface area contributed by atoms with Gasteiger partial charge in [0.25, 0.3) is 0 Å². The molecule has 1 heterocycles. The van der Waals surface area contributed by atoms with Crippen LogP contribution >= 0.6 is 11.6 Å². The van der Waals surface area contributed by atoms with Crippen molar-refractivity contribution in [2.24, 2.45) is 0 Å². The zero-order valence-electron chi connectivity index (χ0n) is 14.8. The van der Waals surface area contributed by atoms with Crippen molar-refractivity contribution in [2.75, 3.05) is 31.1 Å². The molecule has 1 fully saturated rings. The molecule has 0 bridgehead atoms. The second kappa shape index (κ2) is 7.94. The number of halogens is 1. The van der Waals surface area contributed by atoms with Crippen LogP contribution in [-0.2, 0) is 0 Å². The van der Waals surface area contributed by atoms with Crippen molar-refractivity contribution in [1.82, 2.24) is 4.90 Å². The van der Waals surface area contributed by atoms with Gasteiger partial charge < -0.3 is 4.90 Å². The van der Waals surface area contributed by atoms with Crippen LogP contribution < -0.4 is 4.90 Å². The molecule has 0 radical (unpaired) electrons. The summed E-state index contributed by atoms with van der Waals surface area (Å²) in [6.07, 6.45) is 0. The molecule has 0 aromatic heterocycles. The summed E-state index contributed by atoms with van der Waals surface area (Å²) in [4.78, 5) is 4.98. The Bertz CT molecular complexity index is 788. The van der Waals surface area contributed by atoms with Gasteiger partial charge in [0.1, 0.15) is 0 Å². The molecule has 0 amide bonds. The highest BCUT2D eigenvalue weighted by Crippen LogP contribution is 2.31. The predicted octanol–water partition coefficient (Wildman–Crippen LogP) is 5.25. The van der Waals surface area contributed by atoms with Crippen LogP contribution in [0.25, 0.3) is 0 Å². The SMILES string of the molecule is Clc1ccccc1N1CCN(C(c2ccccc2)c2ccccc2)CC1.